The summed E-state index contributed by atoms with van der Waals surface area (Å²) in [6.07, 6.45) is 0.409. The van der Waals surface area contributed by atoms with Crippen LogP contribution in [0.5, 0.6) is 5.75 Å². The van der Waals surface area contributed by atoms with Gasteiger partial charge < -0.3 is 9.64 Å². The van der Waals surface area contributed by atoms with Crippen molar-refractivity contribution in [3.63, 3.8) is 0 Å². The van der Waals surface area contributed by atoms with Crippen LogP contribution in [0.3, 0.4) is 0 Å². The highest BCUT2D eigenvalue weighted by atomic mass is 32.2. The third kappa shape index (κ3) is 6.58. The summed E-state index contributed by atoms with van der Waals surface area (Å²) < 4.78 is 33.4. The van der Waals surface area contributed by atoms with Crippen molar-refractivity contribution in [2.45, 2.75) is 44.7 Å². The fraction of sp³-hybridized carbons (Fsp3) is 0.409. The van der Waals surface area contributed by atoms with Gasteiger partial charge >= 0.3 is 0 Å². The number of carbonyl (C=O) groups is 1. The fourth-order valence-electron chi connectivity index (χ4n) is 3.03. The van der Waals surface area contributed by atoms with Gasteiger partial charge in [-0.15, -0.1) is 0 Å². The molecule has 0 fully saturated rings. The van der Waals surface area contributed by atoms with Gasteiger partial charge in [-0.3, -0.25) is 4.79 Å². The second-order valence-electron chi connectivity index (χ2n) is 7.66. The molecule has 0 aromatic heterocycles. The number of methoxy groups -OCH3 is 1. The Morgan fingerprint density at radius 3 is 2.38 bits per heavy atom. The number of carbonyl (C=O) groups excluding carboxylic acids is 1. The van der Waals surface area contributed by atoms with E-state index in [1.807, 2.05) is 45.0 Å². The largest absolute Gasteiger partial charge is 0.497 e. The molecule has 1 unspecified atom stereocenters. The van der Waals surface area contributed by atoms with Crippen LogP contribution >= 0.6 is 0 Å². The molecule has 0 spiro atoms. The zero-order valence-corrected chi connectivity index (χ0v) is 18.5. The number of aryl methyl sites for hydroxylation is 1. The summed E-state index contributed by atoms with van der Waals surface area (Å²) in [5.41, 5.74) is 1.88. The van der Waals surface area contributed by atoms with E-state index < -0.39 is 16.1 Å². The highest BCUT2D eigenvalue weighted by Crippen LogP contribution is 2.17. The molecule has 0 aliphatic rings. The number of benzene rings is 2. The highest BCUT2D eigenvalue weighted by molar-refractivity contribution is 7.89. The topological polar surface area (TPSA) is 75.7 Å². The van der Waals surface area contributed by atoms with E-state index in [-0.39, 0.29) is 16.7 Å². The summed E-state index contributed by atoms with van der Waals surface area (Å²) in [7, 11) is -0.536. The molecule has 0 bridgehead atoms. The van der Waals surface area contributed by atoms with Crippen LogP contribution in [-0.4, -0.2) is 39.4 Å². The number of ether oxygens (including phenoxy) is 1. The summed E-state index contributed by atoms with van der Waals surface area (Å²) in [6.45, 7) is 6.17. The van der Waals surface area contributed by atoms with Crippen LogP contribution in [0.1, 0.15) is 31.4 Å². The second-order valence-corrected chi connectivity index (χ2v) is 9.38. The lowest BCUT2D eigenvalue weighted by molar-refractivity contribution is -0.132. The summed E-state index contributed by atoms with van der Waals surface area (Å²) in [5, 5.41) is 0. The molecular formula is C22H30N2O4S. The van der Waals surface area contributed by atoms with E-state index in [2.05, 4.69) is 4.72 Å². The second kappa shape index (κ2) is 9.89. The number of nitrogens with zero attached hydrogens (tertiary/aromatic N) is 1. The van der Waals surface area contributed by atoms with E-state index in [4.69, 9.17) is 4.74 Å². The Balaban J connectivity index is 2.19. The van der Waals surface area contributed by atoms with Crippen LogP contribution in [-0.2, 0) is 21.4 Å². The van der Waals surface area contributed by atoms with Crippen LogP contribution in [0.4, 0.5) is 0 Å². The Morgan fingerprint density at radius 2 is 1.79 bits per heavy atom. The van der Waals surface area contributed by atoms with Gasteiger partial charge in [0.15, 0.2) is 0 Å². The normalized spacial score (nSPS) is 12.6. The Labute approximate surface area is 173 Å². The lowest BCUT2D eigenvalue weighted by atomic mass is 10.0. The lowest BCUT2D eigenvalue weighted by Gasteiger charge is -2.26. The predicted molar refractivity (Wildman–Crippen MR) is 114 cm³/mol. The Bertz CT molecular complexity index is 924. The van der Waals surface area contributed by atoms with Gasteiger partial charge in [0, 0.05) is 13.6 Å². The molecule has 0 saturated heterocycles. The maximum atomic E-state index is 13.1. The van der Waals surface area contributed by atoms with Gasteiger partial charge in [-0.2, -0.15) is 4.72 Å². The van der Waals surface area contributed by atoms with Crippen LogP contribution in [0.2, 0.25) is 0 Å². The number of hydrogen-bond donors (Lipinski definition) is 1. The number of sulfonamides is 1. The molecule has 6 nitrogen and oxygen atoms in total. The zero-order valence-electron chi connectivity index (χ0n) is 17.7. The van der Waals surface area contributed by atoms with E-state index in [0.29, 0.717) is 18.7 Å². The molecule has 1 amide bonds. The van der Waals surface area contributed by atoms with Crippen molar-refractivity contribution in [1.29, 1.82) is 0 Å². The van der Waals surface area contributed by atoms with Crippen molar-refractivity contribution in [2.24, 2.45) is 5.92 Å². The molecule has 158 valence electrons. The summed E-state index contributed by atoms with van der Waals surface area (Å²) in [4.78, 5) is 14.8. The lowest BCUT2D eigenvalue weighted by Crippen LogP contribution is -2.47. The van der Waals surface area contributed by atoms with Crippen molar-refractivity contribution >= 4 is 15.9 Å². The van der Waals surface area contributed by atoms with Gasteiger partial charge in [0.05, 0.1) is 12.0 Å². The minimum Gasteiger partial charge on any atom is -0.497 e. The maximum Gasteiger partial charge on any atom is 0.241 e. The average Bonchev–Trinajstić information content (AvgIpc) is 2.66. The molecule has 2 aromatic carbocycles. The molecule has 1 N–H and O–H groups in total. The van der Waals surface area contributed by atoms with Crippen LogP contribution in [0, 0.1) is 12.8 Å². The molecule has 2 aromatic rings. The fourth-order valence-corrected chi connectivity index (χ4v) is 4.23. The van der Waals surface area contributed by atoms with E-state index in [0.717, 1.165) is 11.1 Å². The molecule has 1 atom stereocenters. The number of hydrogen-bond acceptors (Lipinski definition) is 4. The number of nitrogens with one attached hydrogen (secondary N) is 1. The van der Waals surface area contributed by atoms with Crippen LogP contribution in [0.25, 0.3) is 0 Å². The summed E-state index contributed by atoms with van der Waals surface area (Å²) in [6, 6.07) is 13.2. The van der Waals surface area contributed by atoms with E-state index in [1.54, 1.807) is 43.3 Å². The maximum absolute atomic E-state index is 13.1. The first-order valence-electron chi connectivity index (χ1n) is 9.59. The van der Waals surface area contributed by atoms with E-state index in [9.17, 15) is 13.2 Å². The first kappa shape index (κ1) is 22.9. The zero-order chi connectivity index (χ0) is 21.6. The molecular weight excluding hydrogens is 388 g/mol. The molecule has 0 aliphatic carbocycles. The molecule has 0 radical (unpaired) electrons. The summed E-state index contributed by atoms with van der Waals surface area (Å²) in [5.74, 6) is 0.592. The van der Waals surface area contributed by atoms with Gasteiger partial charge in [-0.1, -0.05) is 43.7 Å². The average molecular weight is 419 g/mol. The monoisotopic (exact) mass is 418 g/mol. The van der Waals surface area contributed by atoms with Gasteiger partial charge in [0.1, 0.15) is 11.8 Å². The minimum absolute atomic E-state index is 0.148. The van der Waals surface area contributed by atoms with Crippen molar-refractivity contribution in [1.82, 2.24) is 9.62 Å². The Morgan fingerprint density at radius 1 is 1.14 bits per heavy atom. The molecule has 0 aliphatic heterocycles. The number of likely N-dealkylation sites (N-methyl/N-ethyl adjacent to an activating group) is 1. The van der Waals surface area contributed by atoms with Crippen LogP contribution in [0.15, 0.2) is 53.4 Å². The smallest absolute Gasteiger partial charge is 0.241 e. The van der Waals surface area contributed by atoms with Crippen molar-refractivity contribution in [3.05, 3.63) is 59.7 Å². The molecule has 29 heavy (non-hydrogen) atoms. The first-order chi connectivity index (χ1) is 13.6. The van der Waals surface area contributed by atoms with E-state index in [1.165, 1.54) is 0 Å². The van der Waals surface area contributed by atoms with Crippen LogP contribution < -0.4 is 9.46 Å². The molecule has 0 saturated carbocycles. The predicted octanol–water partition coefficient (Wildman–Crippen LogP) is 3.36. The third-order valence-electron chi connectivity index (χ3n) is 4.56. The summed E-state index contributed by atoms with van der Waals surface area (Å²) >= 11 is 0. The third-order valence-corrected chi connectivity index (χ3v) is 6.05. The van der Waals surface area contributed by atoms with Gasteiger partial charge in [0.25, 0.3) is 0 Å². The highest BCUT2D eigenvalue weighted by Gasteiger charge is 2.28. The Kier molecular flexibility index (Phi) is 7.81. The van der Waals surface area contributed by atoms with Gasteiger partial charge in [-0.25, -0.2) is 8.42 Å². The molecule has 0 heterocycles. The Hall–Kier alpha value is -2.38. The minimum atomic E-state index is -3.80. The SMILES string of the molecule is COc1cccc(CN(C)C(=O)C(CC(C)C)NS(=O)(=O)c2ccc(C)cc2)c1. The standard InChI is InChI=1S/C22H30N2O4S/c1-16(2)13-21(23-29(26,27)20-11-9-17(3)10-12-20)22(25)24(4)15-18-7-6-8-19(14-18)28-5/h6-12,14,16,21,23H,13,15H2,1-5H3. The van der Waals surface area contributed by atoms with Crippen molar-refractivity contribution in [3.8, 4) is 5.75 Å². The quantitative estimate of drug-likeness (QED) is 0.678. The van der Waals surface area contributed by atoms with Crippen molar-refractivity contribution < 1.29 is 17.9 Å². The number of amides is 1. The van der Waals surface area contributed by atoms with Gasteiger partial charge in [-0.05, 0) is 49.1 Å². The van der Waals surface area contributed by atoms with Crippen molar-refractivity contribution in [2.75, 3.05) is 14.2 Å². The van der Waals surface area contributed by atoms with E-state index >= 15 is 0 Å². The molecule has 2 rings (SSSR count). The van der Waals surface area contributed by atoms with Gasteiger partial charge in [0.2, 0.25) is 15.9 Å². The molecule has 7 heteroatoms. The first-order valence-corrected chi connectivity index (χ1v) is 11.1. The number of rotatable bonds is 9.